The van der Waals surface area contributed by atoms with Gasteiger partial charge in [0, 0.05) is 39.5 Å². The quantitative estimate of drug-likeness (QED) is 0.677. The van der Waals surface area contributed by atoms with Crippen molar-refractivity contribution in [3.8, 4) is 0 Å². The van der Waals surface area contributed by atoms with Crippen LogP contribution in [0.1, 0.15) is 5.56 Å². The SMILES string of the molecule is COCCNCc1ccc(Cl)cc1Sc1ccc(Br)cc1. The zero-order valence-corrected chi connectivity index (χ0v) is 14.9. The van der Waals surface area contributed by atoms with Crippen LogP contribution in [0.5, 0.6) is 0 Å². The van der Waals surface area contributed by atoms with E-state index in [4.69, 9.17) is 16.3 Å². The highest BCUT2D eigenvalue weighted by molar-refractivity contribution is 9.10. The normalized spacial score (nSPS) is 10.8. The van der Waals surface area contributed by atoms with E-state index in [1.165, 1.54) is 15.4 Å². The molecule has 1 N–H and O–H groups in total. The van der Waals surface area contributed by atoms with Crippen molar-refractivity contribution < 1.29 is 4.74 Å². The second kappa shape index (κ2) is 8.81. The van der Waals surface area contributed by atoms with Crippen LogP contribution in [0.15, 0.2) is 56.7 Å². The average molecular weight is 387 g/mol. The Balaban J connectivity index is 2.09. The van der Waals surface area contributed by atoms with Gasteiger partial charge in [-0.3, -0.25) is 0 Å². The van der Waals surface area contributed by atoms with Crippen molar-refractivity contribution in [3.63, 3.8) is 0 Å². The Morgan fingerprint density at radius 2 is 1.95 bits per heavy atom. The zero-order chi connectivity index (χ0) is 15.1. The van der Waals surface area contributed by atoms with Crippen molar-refractivity contribution >= 4 is 39.3 Å². The third-order valence-electron chi connectivity index (χ3n) is 2.87. The standard InChI is InChI=1S/C16H17BrClNOS/c1-20-9-8-19-11-12-2-5-14(18)10-16(12)21-15-6-3-13(17)4-7-15/h2-7,10,19H,8-9,11H2,1H3. The fraction of sp³-hybridized carbons (Fsp3) is 0.250. The van der Waals surface area contributed by atoms with Crippen LogP contribution in [0, 0.1) is 0 Å². The minimum atomic E-state index is 0.711. The highest BCUT2D eigenvalue weighted by Gasteiger charge is 2.06. The second-order valence-corrected chi connectivity index (χ2v) is 6.95. The zero-order valence-electron chi connectivity index (χ0n) is 11.7. The number of ether oxygens (including phenoxy) is 1. The molecule has 0 unspecified atom stereocenters. The van der Waals surface area contributed by atoms with E-state index in [2.05, 4.69) is 39.4 Å². The van der Waals surface area contributed by atoms with Crippen LogP contribution >= 0.6 is 39.3 Å². The van der Waals surface area contributed by atoms with E-state index in [0.717, 1.165) is 22.6 Å². The number of nitrogens with one attached hydrogen (secondary N) is 1. The van der Waals surface area contributed by atoms with Gasteiger partial charge in [-0.05, 0) is 42.0 Å². The molecule has 0 aliphatic rings. The van der Waals surface area contributed by atoms with E-state index < -0.39 is 0 Å². The lowest BCUT2D eigenvalue weighted by Crippen LogP contribution is -2.18. The van der Waals surface area contributed by atoms with Crippen molar-refractivity contribution in [3.05, 3.63) is 57.5 Å². The van der Waals surface area contributed by atoms with Crippen LogP contribution in [0.25, 0.3) is 0 Å². The smallest absolute Gasteiger partial charge is 0.0587 e. The van der Waals surface area contributed by atoms with Crippen molar-refractivity contribution in [1.29, 1.82) is 0 Å². The van der Waals surface area contributed by atoms with Gasteiger partial charge in [-0.15, -0.1) is 0 Å². The molecule has 0 aliphatic heterocycles. The topological polar surface area (TPSA) is 21.3 Å². The monoisotopic (exact) mass is 385 g/mol. The van der Waals surface area contributed by atoms with E-state index in [1.54, 1.807) is 18.9 Å². The predicted molar refractivity (Wildman–Crippen MR) is 93.3 cm³/mol. The molecule has 0 amide bonds. The summed E-state index contributed by atoms with van der Waals surface area (Å²) in [5, 5.41) is 4.13. The first-order chi connectivity index (χ1) is 10.2. The summed E-state index contributed by atoms with van der Waals surface area (Å²) in [6.07, 6.45) is 0. The summed E-state index contributed by atoms with van der Waals surface area (Å²) >= 11 is 11.3. The molecule has 0 spiro atoms. The van der Waals surface area contributed by atoms with Crippen molar-refractivity contribution in [2.75, 3.05) is 20.3 Å². The molecule has 2 aromatic carbocycles. The minimum Gasteiger partial charge on any atom is -0.383 e. The van der Waals surface area contributed by atoms with Gasteiger partial charge in [0.05, 0.1) is 6.61 Å². The third-order valence-corrected chi connectivity index (χ3v) is 4.74. The molecule has 0 radical (unpaired) electrons. The number of halogens is 2. The maximum absolute atomic E-state index is 6.13. The van der Waals surface area contributed by atoms with Crippen LogP contribution in [0.3, 0.4) is 0 Å². The summed E-state index contributed by atoms with van der Waals surface area (Å²) in [6.45, 7) is 2.35. The predicted octanol–water partition coefficient (Wildman–Crippen LogP) is 4.99. The molecule has 5 heteroatoms. The maximum Gasteiger partial charge on any atom is 0.0587 e. The second-order valence-electron chi connectivity index (χ2n) is 4.48. The number of methoxy groups -OCH3 is 1. The summed E-state index contributed by atoms with van der Waals surface area (Å²) < 4.78 is 6.13. The lowest BCUT2D eigenvalue weighted by atomic mass is 10.2. The largest absolute Gasteiger partial charge is 0.383 e. The molecule has 112 valence electrons. The molecule has 2 nitrogen and oxygen atoms in total. The molecule has 0 saturated carbocycles. The Morgan fingerprint density at radius 3 is 2.67 bits per heavy atom. The third kappa shape index (κ3) is 5.64. The van der Waals surface area contributed by atoms with Gasteiger partial charge < -0.3 is 10.1 Å². The molecule has 2 aromatic rings. The number of hydrogen-bond acceptors (Lipinski definition) is 3. The van der Waals surface area contributed by atoms with Crippen molar-refractivity contribution in [1.82, 2.24) is 5.32 Å². The first kappa shape index (κ1) is 16.8. The fourth-order valence-corrected chi connectivity index (χ4v) is 3.28. The Labute approximate surface area is 143 Å². The first-order valence-corrected chi connectivity index (χ1v) is 8.59. The maximum atomic E-state index is 6.13. The van der Waals surface area contributed by atoms with Crippen LogP contribution in [0.4, 0.5) is 0 Å². The number of rotatable bonds is 7. The van der Waals surface area contributed by atoms with E-state index in [-0.39, 0.29) is 0 Å². The van der Waals surface area contributed by atoms with Crippen LogP contribution in [-0.4, -0.2) is 20.3 Å². The van der Waals surface area contributed by atoms with Gasteiger partial charge in [0.2, 0.25) is 0 Å². The average Bonchev–Trinajstić information content (AvgIpc) is 2.48. The van der Waals surface area contributed by atoms with Gasteiger partial charge >= 0.3 is 0 Å². The van der Waals surface area contributed by atoms with Gasteiger partial charge in [-0.2, -0.15) is 0 Å². The van der Waals surface area contributed by atoms with Gasteiger partial charge in [-0.1, -0.05) is 45.4 Å². The Kier molecular flexibility index (Phi) is 7.07. The molecule has 0 aromatic heterocycles. The van der Waals surface area contributed by atoms with Crippen molar-refractivity contribution in [2.24, 2.45) is 0 Å². The molecule has 0 fully saturated rings. The summed E-state index contributed by atoms with van der Waals surface area (Å²) in [7, 11) is 1.71. The highest BCUT2D eigenvalue weighted by Crippen LogP contribution is 2.33. The van der Waals surface area contributed by atoms with E-state index in [9.17, 15) is 0 Å². The molecule has 0 saturated heterocycles. The van der Waals surface area contributed by atoms with Gasteiger partial charge in [0.1, 0.15) is 0 Å². The molecule has 2 rings (SSSR count). The van der Waals surface area contributed by atoms with Gasteiger partial charge in [0.15, 0.2) is 0 Å². The highest BCUT2D eigenvalue weighted by atomic mass is 79.9. The van der Waals surface area contributed by atoms with Crippen LogP contribution in [-0.2, 0) is 11.3 Å². The summed E-state index contributed by atoms with van der Waals surface area (Å²) in [5.74, 6) is 0. The van der Waals surface area contributed by atoms with Gasteiger partial charge in [-0.25, -0.2) is 0 Å². The van der Waals surface area contributed by atoms with Crippen molar-refractivity contribution in [2.45, 2.75) is 16.3 Å². The minimum absolute atomic E-state index is 0.711. The summed E-state index contributed by atoms with van der Waals surface area (Å²) in [6, 6.07) is 14.3. The lowest BCUT2D eigenvalue weighted by molar-refractivity contribution is 0.199. The van der Waals surface area contributed by atoms with E-state index in [1.807, 2.05) is 24.3 Å². The van der Waals surface area contributed by atoms with E-state index in [0.29, 0.717) is 6.61 Å². The molecule has 21 heavy (non-hydrogen) atoms. The first-order valence-electron chi connectivity index (χ1n) is 6.60. The number of hydrogen-bond donors (Lipinski definition) is 1. The molecule has 0 heterocycles. The Morgan fingerprint density at radius 1 is 1.19 bits per heavy atom. The molecule has 0 aliphatic carbocycles. The van der Waals surface area contributed by atoms with E-state index >= 15 is 0 Å². The summed E-state index contributed by atoms with van der Waals surface area (Å²) in [5.41, 5.74) is 1.24. The number of benzene rings is 2. The van der Waals surface area contributed by atoms with Gasteiger partial charge in [0.25, 0.3) is 0 Å². The lowest BCUT2D eigenvalue weighted by Gasteiger charge is -2.11. The molecular formula is C16H17BrClNOS. The van der Waals surface area contributed by atoms with Crippen LogP contribution < -0.4 is 5.32 Å². The van der Waals surface area contributed by atoms with Crippen LogP contribution in [0.2, 0.25) is 5.02 Å². The molecular weight excluding hydrogens is 370 g/mol. The Bertz CT molecular complexity index is 577. The fourth-order valence-electron chi connectivity index (χ4n) is 1.80. The molecule has 0 bridgehead atoms. The Hall–Kier alpha value is -0.520. The summed E-state index contributed by atoms with van der Waals surface area (Å²) in [4.78, 5) is 2.37. The molecule has 0 atom stereocenters.